The van der Waals surface area contributed by atoms with E-state index in [2.05, 4.69) is 13.8 Å². The molecule has 9 heteroatoms. The fourth-order valence-electron chi connectivity index (χ4n) is 7.16. The van der Waals surface area contributed by atoms with Crippen molar-refractivity contribution in [2.24, 2.45) is 0 Å². The highest BCUT2D eigenvalue weighted by Gasteiger charge is 2.17. The van der Waals surface area contributed by atoms with Crippen molar-refractivity contribution in [3.8, 4) is 45.3 Å². The highest BCUT2D eigenvalue weighted by Crippen LogP contribution is 2.42. The number of benzene rings is 3. The fraction of sp³-hybridized carbons (Fsp3) is 0.600. The maximum absolute atomic E-state index is 12.7. The largest absolute Gasteiger partial charge is 0.487 e. The smallest absolute Gasteiger partial charge is 0.311 e. The van der Waals surface area contributed by atoms with Crippen molar-refractivity contribution < 1.29 is 42.7 Å². The second-order valence-corrected chi connectivity index (χ2v) is 15.5. The number of hydrogen-bond acceptors (Lipinski definition) is 9. The van der Waals surface area contributed by atoms with Gasteiger partial charge in [0, 0.05) is 12.8 Å². The van der Waals surface area contributed by atoms with Gasteiger partial charge in [-0.2, -0.15) is 0 Å². The number of fused-ring (bicyclic) bond motifs is 1. The van der Waals surface area contributed by atoms with Gasteiger partial charge < -0.3 is 33.2 Å². The molecule has 3 aromatic rings. The van der Waals surface area contributed by atoms with Crippen LogP contribution < -0.4 is 18.9 Å². The van der Waals surface area contributed by atoms with E-state index < -0.39 is 0 Å². The minimum Gasteiger partial charge on any atom is -0.487 e. The molecule has 9 nitrogen and oxygen atoms in total. The van der Waals surface area contributed by atoms with Crippen LogP contribution in [0.3, 0.4) is 0 Å². The van der Waals surface area contributed by atoms with E-state index in [-0.39, 0.29) is 11.9 Å². The first-order valence-electron chi connectivity index (χ1n) is 22.9. The lowest BCUT2D eigenvalue weighted by atomic mass is 9.93. The molecule has 0 aromatic heterocycles. The van der Waals surface area contributed by atoms with E-state index in [1.165, 1.54) is 77.0 Å². The molecular weight excluding hydrogens is 745 g/mol. The fourth-order valence-corrected chi connectivity index (χ4v) is 7.16. The molecule has 0 saturated carbocycles. The molecule has 0 fully saturated rings. The van der Waals surface area contributed by atoms with Gasteiger partial charge in [-0.1, -0.05) is 141 Å². The normalized spacial score (nSPS) is 13.9. The molecule has 0 bridgehead atoms. The summed E-state index contributed by atoms with van der Waals surface area (Å²) in [5, 5.41) is 0. The Morgan fingerprint density at radius 2 is 0.729 bits per heavy atom. The molecule has 1 heterocycles. The van der Waals surface area contributed by atoms with Gasteiger partial charge in [0.15, 0.2) is 11.5 Å². The van der Waals surface area contributed by atoms with E-state index in [4.69, 9.17) is 33.2 Å². The van der Waals surface area contributed by atoms with Crippen LogP contribution in [0.5, 0.6) is 23.0 Å². The van der Waals surface area contributed by atoms with Gasteiger partial charge in [-0.3, -0.25) is 9.59 Å². The first kappa shape index (κ1) is 47.8. The highest BCUT2D eigenvalue weighted by atomic mass is 16.6. The Kier molecular flexibility index (Phi) is 24.4. The molecule has 326 valence electrons. The van der Waals surface area contributed by atoms with Crippen LogP contribution in [-0.4, -0.2) is 64.8 Å². The van der Waals surface area contributed by atoms with Gasteiger partial charge >= 0.3 is 11.9 Å². The number of hydrogen-bond donors (Lipinski definition) is 0. The molecule has 59 heavy (non-hydrogen) atoms. The van der Waals surface area contributed by atoms with Crippen LogP contribution >= 0.6 is 0 Å². The molecule has 0 atom stereocenters. The molecule has 3 aromatic carbocycles. The average Bonchev–Trinajstić information content (AvgIpc) is 3.25. The lowest BCUT2D eigenvalue weighted by Gasteiger charge is -2.19. The summed E-state index contributed by atoms with van der Waals surface area (Å²) < 4.78 is 41.0. The molecular formula is C50H72O9. The van der Waals surface area contributed by atoms with Crippen molar-refractivity contribution >= 4 is 11.9 Å². The Bertz CT molecular complexity index is 1450. The van der Waals surface area contributed by atoms with Crippen LogP contribution in [0, 0.1) is 0 Å². The zero-order chi connectivity index (χ0) is 41.6. The average molecular weight is 817 g/mol. The number of carbonyl (C=O) groups is 2. The van der Waals surface area contributed by atoms with Crippen molar-refractivity contribution in [3.05, 3.63) is 60.7 Å². The van der Waals surface area contributed by atoms with E-state index in [9.17, 15) is 9.59 Å². The lowest BCUT2D eigenvalue weighted by Crippen LogP contribution is -2.13. The lowest BCUT2D eigenvalue weighted by molar-refractivity contribution is -0.135. The van der Waals surface area contributed by atoms with Crippen LogP contribution in [0.25, 0.3) is 22.3 Å². The highest BCUT2D eigenvalue weighted by molar-refractivity contribution is 5.86. The minimum atomic E-state index is -0.208. The summed E-state index contributed by atoms with van der Waals surface area (Å²) in [5.74, 6) is 1.77. The summed E-state index contributed by atoms with van der Waals surface area (Å²) in [5.41, 5.74) is 3.63. The molecule has 0 spiro atoms. The Morgan fingerprint density at radius 3 is 1.07 bits per heavy atom. The van der Waals surface area contributed by atoms with Gasteiger partial charge in [-0.15, -0.1) is 0 Å². The van der Waals surface area contributed by atoms with Gasteiger partial charge in [0.1, 0.15) is 24.7 Å². The summed E-state index contributed by atoms with van der Waals surface area (Å²) in [4.78, 5) is 25.4. The molecule has 0 aliphatic carbocycles. The SMILES string of the molecule is CCCCCCCCCCCC(=O)Oc1ccc(-c2cc3c(cc2-c2ccc(OC(=O)CCCCCCCCCCC)cc2)OCCOCCOCCOCCO3)cc1. The third-order valence-electron chi connectivity index (χ3n) is 10.6. The quantitative estimate of drug-likeness (QED) is 0.0497. The number of ether oxygens (including phenoxy) is 7. The first-order chi connectivity index (χ1) is 29.1. The third kappa shape index (κ3) is 19.8. The van der Waals surface area contributed by atoms with E-state index in [0.29, 0.717) is 88.7 Å². The topological polar surface area (TPSA) is 98.8 Å². The van der Waals surface area contributed by atoms with Crippen LogP contribution in [-0.2, 0) is 23.8 Å². The van der Waals surface area contributed by atoms with Crippen molar-refractivity contribution in [1.29, 1.82) is 0 Å². The summed E-state index contributed by atoms with van der Waals surface area (Å²) in [6.45, 7) is 7.86. The summed E-state index contributed by atoms with van der Waals surface area (Å²) in [6, 6.07) is 19.1. The Hall–Kier alpha value is -3.92. The van der Waals surface area contributed by atoms with Crippen molar-refractivity contribution in [2.45, 2.75) is 142 Å². The third-order valence-corrected chi connectivity index (χ3v) is 10.6. The first-order valence-corrected chi connectivity index (χ1v) is 22.9. The van der Waals surface area contributed by atoms with Gasteiger partial charge in [0.25, 0.3) is 0 Å². The number of esters is 2. The van der Waals surface area contributed by atoms with E-state index in [1.54, 1.807) is 0 Å². The van der Waals surface area contributed by atoms with E-state index in [0.717, 1.165) is 60.8 Å². The maximum atomic E-state index is 12.7. The molecule has 0 radical (unpaired) electrons. The van der Waals surface area contributed by atoms with Crippen molar-refractivity contribution in [2.75, 3.05) is 52.9 Å². The Balaban J connectivity index is 1.43. The zero-order valence-electron chi connectivity index (χ0n) is 36.2. The predicted molar refractivity (Wildman–Crippen MR) is 236 cm³/mol. The monoisotopic (exact) mass is 817 g/mol. The molecule has 4 rings (SSSR count). The number of carbonyl (C=O) groups excluding carboxylic acids is 2. The van der Waals surface area contributed by atoms with E-state index >= 15 is 0 Å². The van der Waals surface area contributed by atoms with Crippen LogP contribution in [0.2, 0.25) is 0 Å². The molecule has 1 aliphatic heterocycles. The number of unbranched alkanes of at least 4 members (excludes halogenated alkanes) is 16. The molecule has 1 aliphatic rings. The molecule has 0 saturated heterocycles. The minimum absolute atomic E-state index is 0.208. The standard InChI is InChI=1S/C50H72O9/c1-3-5-7-9-11-13-15-17-19-21-49(51)58-43-27-23-41(24-28-43)45-39-47-48(57-38-36-55-34-32-53-31-33-54-35-37-56-47)40-46(45)42-25-29-44(30-26-42)59-50(52)22-20-18-16-14-12-10-8-6-4-2/h23-30,39-40H,3-22,31-38H2,1-2H3. The Labute approximate surface area is 354 Å². The van der Waals surface area contributed by atoms with Crippen molar-refractivity contribution in [3.63, 3.8) is 0 Å². The second kappa shape index (κ2) is 30.2. The maximum Gasteiger partial charge on any atom is 0.311 e. The van der Waals surface area contributed by atoms with Gasteiger partial charge in [-0.05, 0) is 71.5 Å². The zero-order valence-corrected chi connectivity index (χ0v) is 36.2. The number of rotatable bonds is 24. The van der Waals surface area contributed by atoms with Gasteiger partial charge in [0.05, 0.1) is 39.6 Å². The molecule has 0 unspecified atom stereocenters. The van der Waals surface area contributed by atoms with Crippen LogP contribution in [0.15, 0.2) is 60.7 Å². The van der Waals surface area contributed by atoms with Crippen LogP contribution in [0.1, 0.15) is 142 Å². The van der Waals surface area contributed by atoms with Crippen LogP contribution in [0.4, 0.5) is 0 Å². The molecule has 0 amide bonds. The summed E-state index contributed by atoms with van der Waals surface area (Å²) in [6.07, 6.45) is 22.4. The molecule has 0 N–H and O–H groups in total. The summed E-state index contributed by atoms with van der Waals surface area (Å²) >= 11 is 0. The van der Waals surface area contributed by atoms with Gasteiger partial charge in [0.2, 0.25) is 0 Å². The van der Waals surface area contributed by atoms with Gasteiger partial charge in [-0.25, -0.2) is 0 Å². The summed E-state index contributed by atoms with van der Waals surface area (Å²) in [7, 11) is 0. The van der Waals surface area contributed by atoms with Crippen molar-refractivity contribution in [1.82, 2.24) is 0 Å². The second-order valence-electron chi connectivity index (χ2n) is 15.5. The predicted octanol–water partition coefficient (Wildman–Crippen LogP) is 12.5. The van der Waals surface area contributed by atoms with E-state index in [1.807, 2.05) is 60.7 Å². The Morgan fingerprint density at radius 1 is 0.424 bits per heavy atom.